The molecule has 2 rings (SSSR count). The van der Waals surface area contributed by atoms with Gasteiger partial charge in [-0.25, -0.2) is 18.1 Å². The van der Waals surface area contributed by atoms with E-state index in [1.807, 2.05) is 6.07 Å². The summed E-state index contributed by atoms with van der Waals surface area (Å²) in [4.78, 5) is 7.92. The van der Waals surface area contributed by atoms with Crippen molar-refractivity contribution in [3.05, 3.63) is 48.4 Å². The maximum absolute atomic E-state index is 12.4. The first-order valence-electron chi connectivity index (χ1n) is 6.09. The Kier molecular flexibility index (Phi) is 4.31. The van der Waals surface area contributed by atoms with Gasteiger partial charge in [-0.3, -0.25) is 4.98 Å². The number of nitrogens with zero attached hydrogens (tertiary/aromatic N) is 2. The number of hydrogen-bond donors (Lipinski definition) is 2. The normalized spacial score (nSPS) is 12.9. The van der Waals surface area contributed by atoms with Gasteiger partial charge in [0.25, 0.3) is 10.0 Å². The molecule has 0 aromatic carbocycles. The van der Waals surface area contributed by atoms with E-state index in [4.69, 9.17) is 0 Å². The lowest BCUT2D eigenvalue weighted by molar-refractivity contribution is 0.563. The first kappa shape index (κ1) is 14.4. The van der Waals surface area contributed by atoms with Crippen LogP contribution in [0.1, 0.15) is 18.5 Å². The third-order valence-electron chi connectivity index (χ3n) is 2.81. The molecule has 0 amide bonds. The number of pyridine rings is 2. The van der Waals surface area contributed by atoms with Crippen LogP contribution >= 0.6 is 0 Å². The molecule has 7 heteroatoms. The Hall–Kier alpha value is -1.99. The number of hydrogen-bond acceptors (Lipinski definition) is 5. The van der Waals surface area contributed by atoms with Crippen LogP contribution in [0.3, 0.4) is 0 Å². The average Bonchev–Trinajstić information content (AvgIpc) is 2.47. The Balaban J connectivity index is 2.28. The van der Waals surface area contributed by atoms with Crippen molar-refractivity contribution in [2.24, 2.45) is 0 Å². The van der Waals surface area contributed by atoms with Gasteiger partial charge >= 0.3 is 0 Å². The summed E-state index contributed by atoms with van der Waals surface area (Å²) in [6, 6.07) is 6.53. The maximum atomic E-state index is 12.4. The van der Waals surface area contributed by atoms with E-state index in [-0.39, 0.29) is 11.1 Å². The molecule has 1 atom stereocenters. The van der Waals surface area contributed by atoms with Crippen LogP contribution in [0.4, 0.5) is 5.69 Å². The number of nitrogens with one attached hydrogen (secondary N) is 2. The van der Waals surface area contributed by atoms with Crippen LogP contribution in [0.5, 0.6) is 0 Å². The van der Waals surface area contributed by atoms with Crippen LogP contribution in [0.2, 0.25) is 0 Å². The highest BCUT2D eigenvalue weighted by Gasteiger charge is 2.22. The minimum absolute atomic E-state index is 0.0155. The van der Waals surface area contributed by atoms with Gasteiger partial charge in [0, 0.05) is 31.7 Å². The topological polar surface area (TPSA) is 84.0 Å². The average molecular weight is 292 g/mol. The summed E-state index contributed by atoms with van der Waals surface area (Å²) in [5.74, 6) is 0. The van der Waals surface area contributed by atoms with Gasteiger partial charge < -0.3 is 5.32 Å². The minimum atomic E-state index is -3.70. The zero-order chi connectivity index (χ0) is 14.6. The Morgan fingerprint density at radius 1 is 1.20 bits per heavy atom. The largest absolute Gasteiger partial charge is 0.386 e. The van der Waals surface area contributed by atoms with Crippen molar-refractivity contribution in [3.63, 3.8) is 0 Å². The highest BCUT2D eigenvalue weighted by molar-refractivity contribution is 7.89. The molecule has 1 unspecified atom stereocenters. The van der Waals surface area contributed by atoms with Crippen LogP contribution in [0.15, 0.2) is 47.9 Å². The molecule has 0 bridgehead atoms. The lowest BCUT2D eigenvalue weighted by Gasteiger charge is -2.15. The molecule has 0 saturated carbocycles. The van der Waals surface area contributed by atoms with E-state index in [2.05, 4.69) is 20.0 Å². The van der Waals surface area contributed by atoms with E-state index >= 15 is 0 Å². The SMILES string of the molecule is CNc1cccnc1S(=O)(=O)NC(C)c1cccnc1. The van der Waals surface area contributed by atoms with E-state index in [0.717, 1.165) is 5.56 Å². The van der Waals surface area contributed by atoms with Gasteiger partial charge in [0.1, 0.15) is 0 Å². The van der Waals surface area contributed by atoms with Crippen LogP contribution in [-0.2, 0) is 10.0 Å². The minimum Gasteiger partial charge on any atom is -0.386 e. The molecule has 2 aromatic heterocycles. The highest BCUT2D eigenvalue weighted by atomic mass is 32.2. The zero-order valence-corrected chi connectivity index (χ0v) is 12.1. The zero-order valence-electron chi connectivity index (χ0n) is 11.2. The first-order valence-corrected chi connectivity index (χ1v) is 7.58. The van der Waals surface area contributed by atoms with E-state index in [0.29, 0.717) is 5.69 Å². The smallest absolute Gasteiger partial charge is 0.260 e. The van der Waals surface area contributed by atoms with Gasteiger partial charge in [-0.15, -0.1) is 0 Å². The van der Waals surface area contributed by atoms with Gasteiger partial charge in [-0.2, -0.15) is 0 Å². The van der Waals surface area contributed by atoms with Crippen LogP contribution in [0, 0.1) is 0 Å². The summed E-state index contributed by atoms with van der Waals surface area (Å²) >= 11 is 0. The van der Waals surface area contributed by atoms with Crippen molar-refractivity contribution in [2.75, 3.05) is 12.4 Å². The van der Waals surface area contributed by atoms with Crippen molar-refractivity contribution < 1.29 is 8.42 Å². The number of sulfonamides is 1. The van der Waals surface area contributed by atoms with Crippen molar-refractivity contribution in [2.45, 2.75) is 18.0 Å². The number of rotatable bonds is 5. The summed E-state index contributed by atoms with van der Waals surface area (Å²) in [7, 11) is -2.05. The molecule has 106 valence electrons. The molecule has 0 aliphatic heterocycles. The fraction of sp³-hybridized carbons (Fsp3) is 0.231. The standard InChI is InChI=1S/C13H16N4O2S/c1-10(11-5-3-7-15-9-11)17-20(18,19)13-12(14-2)6-4-8-16-13/h3-10,14,17H,1-2H3. The molecule has 0 spiro atoms. The molecule has 0 saturated heterocycles. The molecule has 2 aromatic rings. The van der Waals surface area contributed by atoms with Crippen LogP contribution < -0.4 is 10.0 Å². The molecular weight excluding hydrogens is 276 g/mol. The first-order chi connectivity index (χ1) is 9.54. The van der Waals surface area contributed by atoms with E-state index < -0.39 is 10.0 Å². The molecule has 2 N–H and O–H groups in total. The second kappa shape index (κ2) is 5.98. The Morgan fingerprint density at radius 2 is 1.95 bits per heavy atom. The predicted molar refractivity (Wildman–Crippen MR) is 76.8 cm³/mol. The summed E-state index contributed by atoms with van der Waals surface area (Å²) in [6.45, 7) is 1.76. The Morgan fingerprint density at radius 3 is 2.60 bits per heavy atom. The summed E-state index contributed by atoms with van der Waals surface area (Å²) in [5, 5.41) is 2.81. The summed E-state index contributed by atoms with van der Waals surface area (Å²) < 4.78 is 27.3. The highest BCUT2D eigenvalue weighted by Crippen LogP contribution is 2.20. The van der Waals surface area contributed by atoms with Gasteiger partial charge in [0.15, 0.2) is 5.03 Å². The van der Waals surface area contributed by atoms with Crippen molar-refractivity contribution in [1.29, 1.82) is 0 Å². The fourth-order valence-electron chi connectivity index (χ4n) is 1.78. The lowest BCUT2D eigenvalue weighted by Crippen LogP contribution is -2.28. The molecule has 20 heavy (non-hydrogen) atoms. The summed E-state index contributed by atoms with van der Waals surface area (Å²) in [5.41, 5.74) is 1.25. The van der Waals surface area contributed by atoms with Gasteiger partial charge in [-0.05, 0) is 30.7 Å². The predicted octanol–water partition coefficient (Wildman–Crippen LogP) is 1.56. The quantitative estimate of drug-likeness (QED) is 0.873. The Bertz CT molecular complexity index is 674. The monoisotopic (exact) mass is 292 g/mol. The molecule has 0 radical (unpaired) electrons. The second-order valence-corrected chi connectivity index (χ2v) is 5.86. The molecule has 0 aliphatic carbocycles. The maximum Gasteiger partial charge on any atom is 0.260 e. The van der Waals surface area contributed by atoms with E-state index in [9.17, 15) is 8.42 Å². The molecule has 0 aliphatic rings. The van der Waals surface area contributed by atoms with E-state index in [1.54, 1.807) is 44.6 Å². The molecule has 6 nitrogen and oxygen atoms in total. The molecule has 0 fully saturated rings. The van der Waals surface area contributed by atoms with Gasteiger partial charge in [-0.1, -0.05) is 6.07 Å². The fourth-order valence-corrected chi connectivity index (χ4v) is 3.16. The molecule has 2 heterocycles. The lowest BCUT2D eigenvalue weighted by atomic mass is 10.2. The third kappa shape index (κ3) is 3.12. The Labute approximate surface area is 118 Å². The van der Waals surface area contributed by atoms with Crippen LogP contribution in [-0.4, -0.2) is 25.4 Å². The number of anilines is 1. The van der Waals surface area contributed by atoms with E-state index in [1.165, 1.54) is 6.20 Å². The van der Waals surface area contributed by atoms with Gasteiger partial charge in [0.2, 0.25) is 0 Å². The van der Waals surface area contributed by atoms with Crippen molar-refractivity contribution >= 4 is 15.7 Å². The third-order valence-corrected chi connectivity index (χ3v) is 4.31. The van der Waals surface area contributed by atoms with Crippen molar-refractivity contribution in [3.8, 4) is 0 Å². The van der Waals surface area contributed by atoms with Gasteiger partial charge in [0.05, 0.1) is 5.69 Å². The number of aromatic nitrogens is 2. The summed E-state index contributed by atoms with van der Waals surface area (Å²) in [6.07, 6.45) is 4.72. The van der Waals surface area contributed by atoms with Crippen LogP contribution in [0.25, 0.3) is 0 Å². The second-order valence-electron chi connectivity index (χ2n) is 4.24. The molecular formula is C13H16N4O2S. The van der Waals surface area contributed by atoms with Crippen molar-refractivity contribution in [1.82, 2.24) is 14.7 Å².